The first-order chi connectivity index (χ1) is 8.29. The van der Waals surface area contributed by atoms with Crippen LogP contribution >= 0.6 is 15.9 Å². The third-order valence-electron chi connectivity index (χ3n) is 2.29. The molecule has 0 radical (unpaired) electrons. The summed E-state index contributed by atoms with van der Waals surface area (Å²) in [7, 11) is 1.65. The largest absolute Gasteiger partial charge is 0.495 e. The molecule has 17 heavy (non-hydrogen) atoms. The van der Waals surface area contributed by atoms with E-state index >= 15 is 0 Å². The highest BCUT2D eigenvalue weighted by Crippen LogP contribution is 2.16. The van der Waals surface area contributed by atoms with Crippen LogP contribution in [0.25, 0.3) is 0 Å². The maximum absolute atomic E-state index is 5.24. The van der Waals surface area contributed by atoms with Crippen LogP contribution in [0.15, 0.2) is 53.0 Å². The average Bonchev–Trinajstić information content (AvgIpc) is 2.38. The first kappa shape index (κ1) is 11.8. The monoisotopic (exact) mass is 286 g/mol. The van der Waals surface area contributed by atoms with Gasteiger partial charge in [-0.3, -0.25) is 0 Å². The lowest BCUT2D eigenvalue weighted by molar-refractivity contribution is 0.413. The van der Waals surface area contributed by atoms with Crippen molar-refractivity contribution in [2.75, 3.05) is 7.11 Å². The fourth-order valence-electron chi connectivity index (χ4n) is 1.42. The molecule has 0 unspecified atom stereocenters. The molecule has 2 heteroatoms. The first-order valence-electron chi connectivity index (χ1n) is 5.20. The Morgan fingerprint density at radius 2 is 1.65 bits per heavy atom. The lowest BCUT2D eigenvalue weighted by Gasteiger charge is -2.00. The molecule has 0 aliphatic rings. The number of hydrogen-bond donors (Lipinski definition) is 0. The first-order valence-corrected chi connectivity index (χ1v) is 5.99. The molecule has 0 aromatic heterocycles. The van der Waals surface area contributed by atoms with Crippen molar-refractivity contribution in [2.24, 2.45) is 0 Å². The third-order valence-corrected chi connectivity index (χ3v) is 2.82. The Morgan fingerprint density at radius 1 is 0.941 bits per heavy atom. The SMILES string of the molecule is COc1ccccc1C#Cc1ccc(Br)cc1. The van der Waals surface area contributed by atoms with E-state index in [1.54, 1.807) is 7.11 Å². The van der Waals surface area contributed by atoms with Gasteiger partial charge in [0.2, 0.25) is 0 Å². The molecule has 2 rings (SSSR count). The molecule has 84 valence electrons. The van der Waals surface area contributed by atoms with Crippen LogP contribution in [0, 0.1) is 11.8 Å². The number of ether oxygens (including phenoxy) is 1. The minimum Gasteiger partial charge on any atom is -0.495 e. The van der Waals surface area contributed by atoms with Crippen LogP contribution in [0.2, 0.25) is 0 Å². The zero-order chi connectivity index (χ0) is 12.1. The van der Waals surface area contributed by atoms with Crippen LogP contribution < -0.4 is 4.74 Å². The van der Waals surface area contributed by atoms with Crippen LogP contribution in [-0.2, 0) is 0 Å². The molecule has 0 aliphatic carbocycles. The van der Waals surface area contributed by atoms with Crippen LogP contribution in [0.4, 0.5) is 0 Å². The lowest BCUT2D eigenvalue weighted by Crippen LogP contribution is -1.86. The van der Waals surface area contributed by atoms with Gasteiger partial charge in [0, 0.05) is 10.0 Å². The van der Waals surface area contributed by atoms with E-state index in [0.29, 0.717) is 0 Å². The Morgan fingerprint density at radius 3 is 2.35 bits per heavy atom. The average molecular weight is 287 g/mol. The summed E-state index contributed by atoms with van der Waals surface area (Å²) in [6, 6.07) is 15.7. The van der Waals surface area contributed by atoms with E-state index < -0.39 is 0 Å². The molecule has 0 heterocycles. The zero-order valence-corrected chi connectivity index (χ0v) is 11.0. The van der Waals surface area contributed by atoms with Gasteiger partial charge in [-0.05, 0) is 36.4 Å². The Labute approximate surface area is 110 Å². The van der Waals surface area contributed by atoms with Crippen molar-refractivity contribution in [3.05, 3.63) is 64.1 Å². The summed E-state index contributed by atoms with van der Waals surface area (Å²) in [6.45, 7) is 0. The van der Waals surface area contributed by atoms with Crippen LogP contribution in [-0.4, -0.2) is 7.11 Å². The van der Waals surface area contributed by atoms with Gasteiger partial charge >= 0.3 is 0 Å². The third kappa shape index (κ3) is 3.12. The highest BCUT2D eigenvalue weighted by molar-refractivity contribution is 9.10. The summed E-state index contributed by atoms with van der Waals surface area (Å²) in [4.78, 5) is 0. The van der Waals surface area contributed by atoms with Crippen molar-refractivity contribution < 1.29 is 4.74 Å². The zero-order valence-electron chi connectivity index (χ0n) is 9.41. The van der Waals surface area contributed by atoms with Gasteiger partial charge in [0.15, 0.2) is 0 Å². The van der Waals surface area contributed by atoms with Gasteiger partial charge < -0.3 is 4.74 Å². The Kier molecular flexibility index (Phi) is 3.85. The van der Waals surface area contributed by atoms with Gasteiger partial charge in [-0.2, -0.15) is 0 Å². The van der Waals surface area contributed by atoms with Crippen LogP contribution in [0.5, 0.6) is 5.75 Å². The molecule has 0 aliphatic heterocycles. The van der Waals surface area contributed by atoms with Gasteiger partial charge in [-0.1, -0.05) is 39.9 Å². The van der Waals surface area contributed by atoms with E-state index in [1.165, 1.54) is 0 Å². The second-order valence-corrected chi connectivity index (χ2v) is 4.37. The molecule has 0 bridgehead atoms. The van der Waals surface area contributed by atoms with Crippen molar-refractivity contribution in [3.8, 4) is 17.6 Å². The minimum absolute atomic E-state index is 0.803. The smallest absolute Gasteiger partial charge is 0.134 e. The number of rotatable bonds is 1. The lowest BCUT2D eigenvalue weighted by atomic mass is 10.1. The molecular weight excluding hydrogens is 276 g/mol. The maximum atomic E-state index is 5.24. The molecule has 0 saturated heterocycles. The predicted molar refractivity (Wildman–Crippen MR) is 73.1 cm³/mol. The topological polar surface area (TPSA) is 9.23 Å². The number of hydrogen-bond acceptors (Lipinski definition) is 1. The van der Waals surface area contributed by atoms with Gasteiger partial charge in [0.25, 0.3) is 0 Å². The van der Waals surface area contributed by atoms with Gasteiger partial charge in [0.05, 0.1) is 12.7 Å². The molecule has 0 fully saturated rings. The van der Waals surface area contributed by atoms with E-state index in [0.717, 1.165) is 21.3 Å². The highest BCUT2D eigenvalue weighted by atomic mass is 79.9. The molecule has 0 saturated carbocycles. The summed E-state index contributed by atoms with van der Waals surface area (Å²) < 4.78 is 6.30. The molecule has 0 atom stereocenters. The predicted octanol–water partition coefficient (Wildman–Crippen LogP) is 3.86. The van der Waals surface area contributed by atoms with Crippen molar-refractivity contribution in [2.45, 2.75) is 0 Å². The van der Waals surface area contributed by atoms with Crippen LogP contribution in [0.3, 0.4) is 0 Å². The van der Waals surface area contributed by atoms with Crippen molar-refractivity contribution in [1.82, 2.24) is 0 Å². The van der Waals surface area contributed by atoms with Crippen LogP contribution in [0.1, 0.15) is 11.1 Å². The summed E-state index contributed by atoms with van der Waals surface area (Å²) in [5.74, 6) is 7.02. The minimum atomic E-state index is 0.803. The molecule has 2 aromatic rings. The molecule has 0 N–H and O–H groups in total. The molecular formula is C15H11BrO. The quantitative estimate of drug-likeness (QED) is 0.724. The van der Waals surface area contributed by atoms with Crippen molar-refractivity contribution >= 4 is 15.9 Å². The van der Waals surface area contributed by atoms with Crippen molar-refractivity contribution in [1.29, 1.82) is 0 Å². The van der Waals surface area contributed by atoms with E-state index in [2.05, 4.69) is 27.8 Å². The Hall–Kier alpha value is -1.72. The second kappa shape index (κ2) is 5.56. The van der Waals surface area contributed by atoms with E-state index in [1.807, 2.05) is 48.5 Å². The fraction of sp³-hybridized carbons (Fsp3) is 0.0667. The molecule has 0 spiro atoms. The van der Waals surface area contributed by atoms with Gasteiger partial charge in [-0.25, -0.2) is 0 Å². The Bertz CT molecular complexity index is 561. The molecule has 2 aromatic carbocycles. The number of methoxy groups -OCH3 is 1. The van der Waals surface area contributed by atoms with E-state index in [4.69, 9.17) is 4.74 Å². The summed E-state index contributed by atoms with van der Waals surface area (Å²) in [5.41, 5.74) is 1.89. The number of para-hydroxylation sites is 1. The van der Waals surface area contributed by atoms with Gasteiger partial charge in [0.1, 0.15) is 5.75 Å². The number of halogens is 1. The normalized spacial score (nSPS) is 9.29. The number of benzene rings is 2. The van der Waals surface area contributed by atoms with E-state index in [-0.39, 0.29) is 0 Å². The summed E-state index contributed by atoms with van der Waals surface area (Å²) in [6.07, 6.45) is 0. The van der Waals surface area contributed by atoms with Crippen molar-refractivity contribution in [3.63, 3.8) is 0 Å². The summed E-state index contributed by atoms with van der Waals surface area (Å²) in [5, 5.41) is 0. The Balaban J connectivity index is 2.29. The highest BCUT2D eigenvalue weighted by Gasteiger charge is 1.96. The fourth-order valence-corrected chi connectivity index (χ4v) is 1.68. The summed E-state index contributed by atoms with van der Waals surface area (Å²) >= 11 is 3.40. The van der Waals surface area contributed by atoms with Gasteiger partial charge in [-0.15, -0.1) is 0 Å². The van der Waals surface area contributed by atoms with E-state index in [9.17, 15) is 0 Å². The standard InChI is InChI=1S/C15H11BrO/c1-17-15-5-3-2-4-13(15)9-6-12-7-10-14(16)11-8-12/h2-5,7-8,10-11H,1H3. The maximum Gasteiger partial charge on any atom is 0.134 e. The molecule has 1 nitrogen and oxygen atoms in total. The second-order valence-electron chi connectivity index (χ2n) is 3.46. The molecule has 0 amide bonds.